The van der Waals surface area contributed by atoms with Crippen LogP contribution in [0, 0.1) is 11.1 Å². The molecule has 1 aromatic heterocycles. The zero-order valence-electron chi connectivity index (χ0n) is 10.1. The van der Waals surface area contributed by atoms with Crippen LogP contribution in [-0.4, -0.2) is 23.7 Å². The van der Waals surface area contributed by atoms with Gasteiger partial charge in [0.2, 0.25) is 0 Å². The number of pyridine rings is 1. The molecular formula is C12H18N2O3. The van der Waals surface area contributed by atoms with Gasteiger partial charge >= 0.3 is 5.91 Å². The molecule has 5 nitrogen and oxygen atoms in total. The van der Waals surface area contributed by atoms with E-state index < -0.39 is 5.91 Å². The van der Waals surface area contributed by atoms with Crippen molar-refractivity contribution in [2.45, 2.75) is 26.3 Å². The highest BCUT2D eigenvalue weighted by Crippen LogP contribution is 2.07. The summed E-state index contributed by atoms with van der Waals surface area (Å²) in [4.78, 5) is 11.8. The molecule has 1 heterocycles. The van der Waals surface area contributed by atoms with Gasteiger partial charge in [-0.15, -0.1) is 0 Å². The molecule has 2 unspecified atom stereocenters. The van der Waals surface area contributed by atoms with Gasteiger partial charge in [-0.1, -0.05) is 20.3 Å². The standard InChI is InChI=1S/C12H18N2O3/c1-3-9(2)10(8-15)13-12(16)11-6-4-5-7-14(11)17/h4-7,9-10,15H,3,8H2,1-2H3,(H,13,16). The van der Waals surface area contributed by atoms with Gasteiger partial charge in [0.1, 0.15) is 0 Å². The monoisotopic (exact) mass is 238 g/mol. The topological polar surface area (TPSA) is 76.3 Å². The van der Waals surface area contributed by atoms with Crippen LogP contribution in [0.25, 0.3) is 0 Å². The second-order valence-electron chi connectivity index (χ2n) is 4.06. The predicted molar refractivity (Wildman–Crippen MR) is 63.2 cm³/mol. The van der Waals surface area contributed by atoms with Crippen LogP contribution in [0.4, 0.5) is 0 Å². The van der Waals surface area contributed by atoms with Crippen molar-refractivity contribution in [1.82, 2.24) is 5.32 Å². The van der Waals surface area contributed by atoms with Gasteiger partial charge in [-0.3, -0.25) is 4.79 Å². The minimum Gasteiger partial charge on any atom is -0.618 e. The number of aliphatic hydroxyl groups excluding tert-OH is 1. The lowest BCUT2D eigenvalue weighted by Crippen LogP contribution is -2.46. The summed E-state index contributed by atoms with van der Waals surface area (Å²) < 4.78 is 0.514. The summed E-state index contributed by atoms with van der Waals surface area (Å²) >= 11 is 0. The Morgan fingerprint density at radius 2 is 2.29 bits per heavy atom. The van der Waals surface area contributed by atoms with Crippen LogP contribution in [0.2, 0.25) is 0 Å². The van der Waals surface area contributed by atoms with Crippen molar-refractivity contribution in [3.63, 3.8) is 0 Å². The molecule has 0 aliphatic rings. The van der Waals surface area contributed by atoms with E-state index in [1.165, 1.54) is 12.3 Å². The van der Waals surface area contributed by atoms with Crippen molar-refractivity contribution < 1.29 is 14.6 Å². The molecule has 5 heteroatoms. The first-order chi connectivity index (χ1) is 8.10. The maximum atomic E-state index is 11.8. The Bertz CT molecular complexity index is 382. The molecule has 2 atom stereocenters. The van der Waals surface area contributed by atoms with E-state index in [-0.39, 0.29) is 24.3 Å². The van der Waals surface area contributed by atoms with Crippen molar-refractivity contribution in [3.05, 3.63) is 35.3 Å². The highest BCUT2D eigenvalue weighted by atomic mass is 16.5. The summed E-state index contributed by atoms with van der Waals surface area (Å²) in [5.74, 6) is -0.298. The van der Waals surface area contributed by atoms with E-state index in [0.717, 1.165) is 6.42 Å². The summed E-state index contributed by atoms with van der Waals surface area (Å²) in [7, 11) is 0. The van der Waals surface area contributed by atoms with Gasteiger partial charge in [0.15, 0.2) is 6.20 Å². The number of nitrogens with zero attached hydrogens (tertiary/aromatic N) is 1. The second kappa shape index (κ2) is 6.20. The fourth-order valence-electron chi connectivity index (χ4n) is 1.50. The molecule has 17 heavy (non-hydrogen) atoms. The number of nitrogens with one attached hydrogen (secondary N) is 1. The molecule has 1 amide bonds. The van der Waals surface area contributed by atoms with Crippen molar-refractivity contribution in [1.29, 1.82) is 0 Å². The molecule has 0 bridgehead atoms. The second-order valence-corrected chi connectivity index (χ2v) is 4.06. The first-order valence-corrected chi connectivity index (χ1v) is 5.70. The number of hydrogen-bond acceptors (Lipinski definition) is 3. The molecule has 0 aliphatic carbocycles. The maximum absolute atomic E-state index is 11.8. The molecule has 1 aromatic rings. The first kappa shape index (κ1) is 13.4. The van der Waals surface area contributed by atoms with Gasteiger partial charge in [0.25, 0.3) is 5.69 Å². The Balaban J connectivity index is 2.75. The fraction of sp³-hybridized carbons (Fsp3) is 0.500. The van der Waals surface area contributed by atoms with Crippen LogP contribution in [-0.2, 0) is 0 Å². The summed E-state index contributed by atoms with van der Waals surface area (Å²) in [5.41, 5.74) is 0.0363. The number of aromatic nitrogens is 1. The third kappa shape index (κ3) is 3.42. The van der Waals surface area contributed by atoms with E-state index in [0.29, 0.717) is 4.73 Å². The van der Waals surface area contributed by atoms with Crippen molar-refractivity contribution in [2.75, 3.05) is 6.61 Å². The first-order valence-electron chi connectivity index (χ1n) is 5.70. The van der Waals surface area contributed by atoms with Gasteiger partial charge in [0.05, 0.1) is 12.6 Å². The van der Waals surface area contributed by atoms with Gasteiger partial charge < -0.3 is 15.6 Å². The molecular weight excluding hydrogens is 220 g/mol. The molecule has 0 saturated carbocycles. The Morgan fingerprint density at radius 3 is 2.82 bits per heavy atom. The number of amides is 1. The Kier molecular flexibility index (Phi) is 4.90. The molecule has 0 fully saturated rings. The summed E-state index contributed by atoms with van der Waals surface area (Å²) in [6, 6.07) is 4.31. The largest absolute Gasteiger partial charge is 0.618 e. The van der Waals surface area contributed by atoms with Crippen LogP contribution in [0.5, 0.6) is 0 Å². The molecule has 0 aliphatic heterocycles. The van der Waals surface area contributed by atoms with Gasteiger partial charge in [-0.05, 0) is 12.0 Å². The predicted octanol–water partition coefficient (Wildman–Crippen LogP) is 0.457. The van der Waals surface area contributed by atoms with Crippen molar-refractivity contribution in [3.8, 4) is 0 Å². The zero-order chi connectivity index (χ0) is 12.8. The number of carbonyl (C=O) groups is 1. The van der Waals surface area contributed by atoms with E-state index in [4.69, 9.17) is 0 Å². The lowest BCUT2D eigenvalue weighted by molar-refractivity contribution is -0.607. The van der Waals surface area contributed by atoms with E-state index in [9.17, 15) is 15.1 Å². The molecule has 1 rings (SSSR count). The lowest BCUT2D eigenvalue weighted by Gasteiger charge is -2.21. The lowest BCUT2D eigenvalue weighted by atomic mass is 10.00. The maximum Gasteiger partial charge on any atom is 0.317 e. The zero-order valence-corrected chi connectivity index (χ0v) is 10.1. The van der Waals surface area contributed by atoms with Crippen LogP contribution >= 0.6 is 0 Å². The normalized spacial score (nSPS) is 14.1. The third-order valence-corrected chi connectivity index (χ3v) is 2.90. The van der Waals surface area contributed by atoms with Crippen LogP contribution in [0.15, 0.2) is 24.4 Å². The third-order valence-electron chi connectivity index (χ3n) is 2.90. The quantitative estimate of drug-likeness (QED) is 0.578. The Hall–Kier alpha value is -1.62. The van der Waals surface area contributed by atoms with Crippen molar-refractivity contribution in [2.24, 2.45) is 5.92 Å². The van der Waals surface area contributed by atoms with Gasteiger partial charge in [-0.25, -0.2) is 0 Å². The molecule has 0 saturated heterocycles. The minimum absolute atomic E-state index is 0.0363. The van der Waals surface area contributed by atoms with E-state index >= 15 is 0 Å². The number of rotatable bonds is 5. The van der Waals surface area contributed by atoms with Gasteiger partial charge in [-0.2, -0.15) is 4.73 Å². The summed E-state index contributed by atoms with van der Waals surface area (Å²) in [5, 5.41) is 23.2. The Labute approximate surface area is 101 Å². The average molecular weight is 238 g/mol. The summed E-state index contributed by atoms with van der Waals surface area (Å²) in [6.45, 7) is 3.79. The number of aliphatic hydroxyl groups is 1. The smallest absolute Gasteiger partial charge is 0.317 e. The van der Waals surface area contributed by atoms with Gasteiger partial charge in [0, 0.05) is 12.1 Å². The number of hydrogen-bond donors (Lipinski definition) is 2. The fourth-order valence-corrected chi connectivity index (χ4v) is 1.50. The molecule has 2 N–H and O–H groups in total. The summed E-state index contributed by atoms with van der Waals surface area (Å²) in [6.07, 6.45) is 2.11. The highest BCUT2D eigenvalue weighted by Gasteiger charge is 2.22. The van der Waals surface area contributed by atoms with Crippen molar-refractivity contribution >= 4 is 5.91 Å². The average Bonchev–Trinajstić information content (AvgIpc) is 2.35. The van der Waals surface area contributed by atoms with Crippen LogP contribution < -0.4 is 10.0 Å². The SMILES string of the molecule is CCC(C)C(CO)NC(=O)c1cccc[n+]1[O-]. The molecule has 0 radical (unpaired) electrons. The van der Waals surface area contributed by atoms with E-state index in [2.05, 4.69) is 5.32 Å². The molecule has 0 aromatic carbocycles. The molecule has 0 spiro atoms. The van der Waals surface area contributed by atoms with E-state index in [1.54, 1.807) is 12.1 Å². The van der Waals surface area contributed by atoms with Crippen LogP contribution in [0.3, 0.4) is 0 Å². The molecule has 94 valence electrons. The Morgan fingerprint density at radius 1 is 1.59 bits per heavy atom. The highest BCUT2D eigenvalue weighted by molar-refractivity contribution is 5.91. The minimum atomic E-state index is -0.458. The number of carbonyl (C=O) groups excluding carboxylic acids is 1. The van der Waals surface area contributed by atoms with E-state index in [1.807, 2.05) is 13.8 Å². The van der Waals surface area contributed by atoms with Crippen LogP contribution in [0.1, 0.15) is 30.8 Å².